The molecule has 0 aliphatic rings. The maximum Gasteiger partial charge on any atom is 0.257 e. The number of nitrogens with one attached hydrogen (secondary N) is 2. The first-order chi connectivity index (χ1) is 16.0. The zero-order valence-corrected chi connectivity index (χ0v) is 20.8. The van der Waals surface area contributed by atoms with Crippen LogP contribution in [0.1, 0.15) is 80.3 Å². The van der Waals surface area contributed by atoms with Gasteiger partial charge in [0, 0.05) is 17.7 Å². The molecular weight excluding hydrogens is 448 g/mol. The van der Waals surface area contributed by atoms with Gasteiger partial charge in [0.2, 0.25) is 11.8 Å². The van der Waals surface area contributed by atoms with Crippen molar-refractivity contribution in [3.63, 3.8) is 0 Å². The summed E-state index contributed by atoms with van der Waals surface area (Å²) in [6.07, 6.45) is 3.23. The largest absolute Gasteiger partial charge is 0.370 e. The van der Waals surface area contributed by atoms with Gasteiger partial charge in [-0.3, -0.25) is 19.7 Å². The Morgan fingerprint density at radius 2 is 1.53 bits per heavy atom. The van der Waals surface area contributed by atoms with E-state index in [1.807, 2.05) is 24.3 Å². The molecule has 0 heterocycles. The van der Waals surface area contributed by atoms with Gasteiger partial charge < -0.3 is 16.8 Å². The summed E-state index contributed by atoms with van der Waals surface area (Å²) in [5, 5.41) is 5.84. The molecule has 0 radical (unpaired) electrons. The van der Waals surface area contributed by atoms with Crippen molar-refractivity contribution in [1.29, 1.82) is 0 Å². The summed E-state index contributed by atoms with van der Waals surface area (Å²) in [5.74, 6) is -1.41. The Hall–Kier alpha value is -3.26. The third kappa shape index (κ3) is 8.59. The van der Waals surface area contributed by atoms with Crippen molar-refractivity contribution >= 4 is 40.7 Å². The van der Waals surface area contributed by atoms with E-state index in [0.29, 0.717) is 30.5 Å². The van der Waals surface area contributed by atoms with Gasteiger partial charge in [0.25, 0.3) is 5.91 Å². The molecule has 0 aliphatic carbocycles. The van der Waals surface area contributed by atoms with Gasteiger partial charge in [-0.05, 0) is 65.9 Å². The minimum absolute atomic E-state index is 0.0104. The zero-order valence-electron chi connectivity index (χ0n) is 20.0. The summed E-state index contributed by atoms with van der Waals surface area (Å²) in [6.45, 7) is 6.35. The first-order valence-corrected chi connectivity index (χ1v) is 11.8. The number of hydrogen-bond acceptors (Lipinski definition) is 4. The van der Waals surface area contributed by atoms with Gasteiger partial charge in [0.15, 0.2) is 5.11 Å². The highest BCUT2D eigenvalue weighted by Gasteiger charge is 2.18. The molecule has 182 valence electrons. The molecule has 2 rings (SSSR count). The Morgan fingerprint density at radius 1 is 0.912 bits per heavy atom. The van der Waals surface area contributed by atoms with Gasteiger partial charge in [0.1, 0.15) is 0 Å². The number of amides is 3. The lowest BCUT2D eigenvalue weighted by atomic mass is 9.87. The number of rotatable bonds is 10. The predicted molar refractivity (Wildman–Crippen MR) is 139 cm³/mol. The maximum atomic E-state index is 12.5. The van der Waals surface area contributed by atoms with Crippen LogP contribution in [0.2, 0.25) is 0 Å². The van der Waals surface area contributed by atoms with Crippen molar-refractivity contribution in [2.24, 2.45) is 11.5 Å². The number of carbonyl (C=O) groups excluding carboxylic acids is 3. The van der Waals surface area contributed by atoms with Crippen LogP contribution in [0.5, 0.6) is 0 Å². The monoisotopic (exact) mass is 482 g/mol. The molecule has 7 nitrogen and oxygen atoms in total. The van der Waals surface area contributed by atoms with Crippen LogP contribution in [0.15, 0.2) is 48.5 Å². The van der Waals surface area contributed by atoms with Gasteiger partial charge in [-0.15, -0.1) is 0 Å². The molecule has 0 bridgehead atoms. The average molecular weight is 483 g/mol. The van der Waals surface area contributed by atoms with Crippen molar-refractivity contribution in [2.45, 2.75) is 64.2 Å². The molecule has 3 amide bonds. The fourth-order valence-electron chi connectivity index (χ4n) is 3.56. The van der Waals surface area contributed by atoms with Crippen molar-refractivity contribution < 1.29 is 14.4 Å². The number of thiocarbonyl (C=S) groups is 1. The van der Waals surface area contributed by atoms with Crippen molar-refractivity contribution in [2.75, 3.05) is 5.32 Å². The van der Waals surface area contributed by atoms with Crippen LogP contribution >= 0.6 is 12.2 Å². The maximum absolute atomic E-state index is 12.5. The quantitative estimate of drug-likeness (QED) is 0.299. The van der Waals surface area contributed by atoms with E-state index >= 15 is 0 Å². The second kappa shape index (κ2) is 12.3. The van der Waals surface area contributed by atoms with Gasteiger partial charge in [-0.25, -0.2) is 0 Å². The summed E-state index contributed by atoms with van der Waals surface area (Å²) < 4.78 is 0. The second-order valence-corrected chi connectivity index (χ2v) is 9.79. The van der Waals surface area contributed by atoms with E-state index in [1.165, 1.54) is 0 Å². The lowest BCUT2D eigenvalue weighted by Crippen LogP contribution is -2.34. The minimum Gasteiger partial charge on any atom is -0.370 e. The molecule has 34 heavy (non-hydrogen) atoms. The number of carbonyl (C=O) groups is 3. The molecule has 8 heteroatoms. The lowest BCUT2D eigenvalue weighted by molar-refractivity contribution is -0.120. The lowest BCUT2D eigenvalue weighted by Gasteiger charge is -2.19. The van der Waals surface area contributed by atoms with E-state index in [2.05, 4.69) is 31.4 Å². The number of nitrogens with two attached hydrogens (primary N) is 2. The fourth-order valence-corrected chi connectivity index (χ4v) is 3.77. The number of hydrogen-bond donors (Lipinski definition) is 4. The predicted octanol–water partition coefficient (Wildman–Crippen LogP) is 4.12. The Labute approximate surface area is 206 Å². The Morgan fingerprint density at radius 3 is 2.06 bits per heavy atom. The van der Waals surface area contributed by atoms with Crippen molar-refractivity contribution in [3.05, 3.63) is 65.2 Å². The SMILES string of the molecule is CC(C)(C)c1ccc(C(=O)NC(=S)Nc2ccc(C(CCCCCC(N)=O)C(N)=O)cc2)cc1. The molecule has 0 saturated carbocycles. The summed E-state index contributed by atoms with van der Waals surface area (Å²) in [6, 6.07) is 14.7. The summed E-state index contributed by atoms with van der Waals surface area (Å²) in [4.78, 5) is 35.2. The van der Waals surface area contributed by atoms with E-state index < -0.39 is 11.8 Å². The molecule has 0 aromatic heterocycles. The van der Waals surface area contributed by atoms with Crippen molar-refractivity contribution in [1.82, 2.24) is 5.32 Å². The van der Waals surface area contributed by atoms with Crippen LogP contribution in [0.3, 0.4) is 0 Å². The summed E-state index contributed by atoms with van der Waals surface area (Å²) in [7, 11) is 0. The number of anilines is 1. The Balaban J connectivity index is 1.91. The van der Waals surface area contributed by atoms with Crippen LogP contribution in [-0.2, 0) is 15.0 Å². The van der Waals surface area contributed by atoms with Gasteiger partial charge in [-0.2, -0.15) is 0 Å². The van der Waals surface area contributed by atoms with E-state index in [1.54, 1.807) is 24.3 Å². The summed E-state index contributed by atoms with van der Waals surface area (Å²) in [5.41, 5.74) is 13.9. The molecule has 1 atom stereocenters. The third-order valence-electron chi connectivity index (χ3n) is 5.57. The second-order valence-electron chi connectivity index (χ2n) is 9.38. The van der Waals surface area contributed by atoms with Crippen LogP contribution in [0.25, 0.3) is 0 Å². The molecule has 0 spiro atoms. The molecule has 2 aromatic carbocycles. The Bertz CT molecular complexity index is 1010. The average Bonchev–Trinajstić information content (AvgIpc) is 2.76. The first kappa shape index (κ1) is 27.0. The van der Waals surface area contributed by atoms with Crippen LogP contribution in [0.4, 0.5) is 5.69 Å². The third-order valence-corrected chi connectivity index (χ3v) is 5.77. The summed E-state index contributed by atoms with van der Waals surface area (Å²) >= 11 is 5.27. The van der Waals surface area contributed by atoms with Crippen molar-refractivity contribution in [3.8, 4) is 0 Å². The van der Waals surface area contributed by atoms with E-state index in [9.17, 15) is 14.4 Å². The van der Waals surface area contributed by atoms with Gasteiger partial charge in [0.05, 0.1) is 5.92 Å². The molecule has 0 saturated heterocycles. The van der Waals surface area contributed by atoms with Gasteiger partial charge in [-0.1, -0.05) is 57.9 Å². The topological polar surface area (TPSA) is 127 Å². The van der Waals surface area contributed by atoms with Crippen LogP contribution in [-0.4, -0.2) is 22.8 Å². The zero-order chi connectivity index (χ0) is 25.3. The van der Waals surface area contributed by atoms with Gasteiger partial charge >= 0.3 is 0 Å². The number of primary amides is 2. The highest BCUT2D eigenvalue weighted by atomic mass is 32.1. The number of benzene rings is 2. The normalized spacial score (nSPS) is 12.0. The standard InChI is InChI=1S/C26H34N4O3S/c1-26(2,3)19-13-9-18(10-14-19)24(33)30-25(34)29-20-15-11-17(12-16-20)21(23(28)32)7-5-4-6-8-22(27)31/h9-16,21H,4-8H2,1-3H3,(H2,27,31)(H2,28,32)(H2,29,30,33,34). The van der Waals surface area contributed by atoms with E-state index in [4.69, 9.17) is 23.7 Å². The first-order valence-electron chi connectivity index (χ1n) is 11.4. The highest BCUT2D eigenvalue weighted by molar-refractivity contribution is 7.80. The molecule has 2 aromatic rings. The molecular formula is C26H34N4O3S. The molecule has 0 aliphatic heterocycles. The van der Waals surface area contributed by atoms with E-state index in [-0.39, 0.29) is 22.3 Å². The fraction of sp³-hybridized carbons (Fsp3) is 0.385. The van der Waals surface area contributed by atoms with Crippen LogP contribution in [0, 0.1) is 0 Å². The molecule has 6 N–H and O–H groups in total. The molecule has 0 fully saturated rings. The molecule has 1 unspecified atom stereocenters. The minimum atomic E-state index is -0.412. The number of unbranched alkanes of at least 4 members (excludes halogenated alkanes) is 2. The smallest absolute Gasteiger partial charge is 0.257 e. The Kier molecular flexibility index (Phi) is 9.74. The highest BCUT2D eigenvalue weighted by Crippen LogP contribution is 2.24. The van der Waals surface area contributed by atoms with E-state index in [0.717, 1.165) is 24.0 Å². The van der Waals surface area contributed by atoms with Crippen LogP contribution < -0.4 is 22.1 Å².